The number of hydrogen-bond acceptors (Lipinski definition) is 1. The number of halogens is 1. The summed E-state index contributed by atoms with van der Waals surface area (Å²) in [5.74, 6) is -0.357. The van der Waals surface area contributed by atoms with E-state index in [2.05, 4.69) is 10.6 Å². The summed E-state index contributed by atoms with van der Waals surface area (Å²) in [7, 11) is 0. The molecular formula is C15H14FN2O2. The molecule has 5 heteroatoms. The van der Waals surface area contributed by atoms with Gasteiger partial charge >= 0.3 is 6.03 Å². The molecule has 4 nitrogen and oxygen atoms in total. The number of amides is 2. The van der Waals surface area contributed by atoms with Crippen LogP contribution in [0, 0.1) is 5.82 Å². The highest BCUT2D eigenvalue weighted by Crippen LogP contribution is 2.12. The van der Waals surface area contributed by atoms with Crippen molar-refractivity contribution < 1.29 is 14.3 Å². The molecule has 20 heavy (non-hydrogen) atoms. The third kappa shape index (κ3) is 4.07. The highest BCUT2D eigenvalue weighted by molar-refractivity contribution is 5.99. The van der Waals surface area contributed by atoms with Crippen molar-refractivity contribution in [3.63, 3.8) is 0 Å². The molecule has 2 aromatic rings. The Balaban J connectivity index is 1.92. The van der Waals surface area contributed by atoms with E-state index in [1.165, 1.54) is 24.3 Å². The van der Waals surface area contributed by atoms with Gasteiger partial charge in [0.2, 0.25) is 0 Å². The van der Waals surface area contributed by atoms with E-state index in [-0.39, 0.29) is 12.4 Å². The largest absolute Gasteiger partial charge is 0.323 e. The Labute approximate surface area is 116 Å². The van der Waals surface area contributed by atoms with Crippen LogP contribution in [-0.4, -0.2) is 12.6 Å². The van der Waals surface area contributed by atoms with Gasteiger partial charge in [0.05, 0.1) is 6.61 Å². The van der Waals surface area contributed by atoms with Crippen LogP contribution >= 0.6 is 0 Å². The summed E-state index contributed by atoms with van der Waals surface area (Å²) < 4.78 is 12.7. The first-order chi connectivity index (χ1) is 9.67. The van der Waals surface area contributed by atoms with Crippen molar-refractivity contribution in [2.45, 2.75) is 6.42 Å². The molecule has 2 aromatic carbocycles. The van der Waals surface area contributed by atoms with Crippen LogP contribution < -0.4 is 10.6 Å². The Hall–Kier alpha value is -2.40. The van der Waals surface area contributed by atoms with Gasteiger partial charge in [-0.3, -0.25) is 0 Å². The molecule has 0 saturated carbocycles. The number of carbonyl (C=O) groups excluding carboxylic acids is 1. The lowest BCUT2D eigenvalue weighted by molar-refractivity contribution is 0.197. The van der Waals surface area contributed by atoms with Gasteiger partial charge in [-0.1, -0.05) is 12.1 Å². The first kappa shape index (κ1) is 14.0. The number of carbonyl (C=O) groups is 1. The average Bonchev–Trinajstić information content (AvgIpc) is 2.44. The van der Waals surface area contributed by atoms with E-state index in [1.54, 1.807) is 24.3 Å². The summed E-state index contributed by atoms with van der Waals surface area (Å²) in [5.41, 5.74) is 2.07. The van der Waals surface area contributed by atoms with Crippen molar-refractivity contribution in [3.8, 4) is 0 Å². The number of anilines is 2. The lowest BCUT2D eigenvalue weighted by Crippen LogP contribution is -2.19. The predicted molar refractivity (Wildman–Crippen MR) is 74.7 cm³/mol. The highest BCUT2D eigenvalue weighted by Gasteiger charge is 2.03. The Morgan fingerprint density at radius 3 is 1.90 bits per heavy atom. The SMILES string of the molecule is [O]CCc1ccc(NC(=O)Nc2ccc(F)cc2)cc1. The number of nitrogens with one attached hydrogen (secondary N) is 2. The zero-order chi connectivity index (χ0) is 14.4. The summed E-state index contributed by atoms with van der Waals surface area (Å²) in [6, 6.07) is 12.1. The van der Waals surface area contributed by atoms with E-state index < -0.39 is 6.03 Å². The second-order valence-electron chi connectivity index (χ2n) is 4.24. The van der Waals surface area contributed by atoms with E-state index >= 15 is 0 Å². The Morgan fingerprint density at radius 1 is 0.900 bits per heavy atom. The molecule has 0 unspecified atom stereocenters. The number of rotatable bonds is 4. The van der Waals surface area contributed by atoms with Crippen molar-refractivity contribution in [2.24, 2.45) is 0 Å². The Bertz CT molecular complexity index is 567. The fraction of sp³-hybridized carbons (Fsp3) is 0.133. The van der Waals surface area contributed by atoms with Crippen LogP contribution in [0.1, 0.15) is 5.56 Å². The summed E-state index contributed by atoms with van der Waals surface area (Å²) in [6.07, 6.45) is 0.474. The van der Waals surface area contributed by atoms with E-state index in [4.69, 9.17) is 0 Å². The number of benzene rings is 2. The molecule has 0 saturated heterocycles. The summed E-state index contributed by atoms with van der Waals surface area (Å²) in [6.45, 7) is -0.155. The molecule has 103 valence electrons. The van der Waals surface area contributed by atoms with Gasteiger partial charge in [0.25, 0.3) is 0 Å². The summed E-state index contributed by atoms with van der Waals surface area (Å²) in [5, 5.41) is 15.7. The van der Waals surface area contributed by atoms with Crippen LogP contribution in [0.4, 0.5) is 20.6 Å². The fourth-order valence-corrected chi connectivity index (χ4v) is 1.70. The van der Waals surface area contributed by atoms with E-state index in [9.17, 15) is 14.3 Å². The first-order valence-electron chi connectivity index (χ1n) is 6.18. The van der Waals surface area contributed by atoms with Gasteiger partial charge in [0.1, 0.15) is 5.82 Å². The maximum Gasteiger partial charge on any atom is 0.323 e. The minimum atomic E-state index is -0.409. The average molecular weight is 273 g/mol. The molecular weight excluding hydrogens is 259 g/mol. The lowest BCUT2D eigenvalue weighted by atomic mass is 10.1. The Kier molecular flexibility index (Phi) is 4.68. The monoisotopic (exact) mass is 273 g/mol. The van der Waals surface area contributed by atoms with Gasteiger partial charge in [0, 0.05) is 11.4 Å². The maximum absolute atomic E-state index is 12.7. The molecule has 0 heterocycles. The third-order valence-electron chi connectivity index (χ3n) is 2.70. The second kappa shape index (κ2) is 6.68. The van der Waals surface area contributed by atoms with Crippen LogP contribution in [0.5, 0.6) is 0 Å². The standard InChI is InChI=1S/C15H14FN2O2/c16-12-3-7-14(8-4-12)18-15(20)17-13-5-1-11(2-6-13)9-10-19/h1-8H,9-10H2,(H2,17,18,20). The predicted octanol–water partition coefficient (Wildman–Crippen LogP) is 3.44. The molecule has 0 spiro atoms. The second-order valence-corrected chi connectivity index (χ2v) is 4.24. The molecule has 0 aliphatic heterocycles. The van der Waals surface area contributed by atoms with Crippen molar-refractivity contribution in [3.05, 3.63) is 59.9 Å². The van der Waals surface area contributed by atoms with Crippen molar-refractivity contribution in [2.75, 3.05) is 17.2 Å². The van der Waals surface area contributed by atoms with Crippen LogP contribution in [0.15, 0.2) is 48.5 Å². The zero-order valence-electron chi connectivity index (χ0n) is 10.7. The lowest BCUT2D eigenvalue weighted by Gasteiger charge is -2.08. The van der Waals surface area contributed by atoms with Crippen molar-refractivity contribution >= 4 is 17.4 Å². The van der Waals surface area contributed by atoms with Crippen molar-refractivity contribution in [1.29, 1.82) is 0 Å². The van der Waals surface area contributed by atoms with E-state index in [1.807, 2.05) is 0 Å². The van der Waals surface area contributed by atoms with Crippen LogP contribution in [-0.2, 0) is 11.5 Å². The molecule has 0 fully saturated rings. The first-order valence-corrected chi connectivity index (χ1v) is 6.18. The molecule has 0 aromatic heterocycles. The molecule has 0 bridgehead atoms. The third-order valence-corrected chi connectivity index (χ3v) is 2.70. The van der Waals surface area contributed by atoms with Crippen LogP contribution in [0.2, 0.25) is 0 Å². The topological polar surface area (TPSA) is 61.0 Å². The van der Waals surface area contributed by atoms with Gasteiger partial charge in [-0.15, -0.1) is 0 Å². The minimum Gasteiger partial charge on any atom is -0.308 e. The van der Waals surface area contributed by atoms with Crippen molar-refractivity contribution in [1.82, 2.24) is 0 Å². The minimum absolute atomic E-state index is 0.155. The molecule has 2 amide bonds. The molecule has 0 aliphatic rings. The molecule has 2 rings (SSSR count). The summed E-state index contributed by atoms with van der Waals surface area (Å²) >= 11 is 0. The quantitative estimate of drug-likeness (QED) is 0.880. The highest BCUT2D eigenvalue weighted by atomic mass is 19.1. The summed E-state index contributed by atoms with van der Waals surface area (Å²) in [4.78, 5) is 11.7. The zero-order valence-corrected chi connectivity index (χ0v) is 10.7. The number of urea groups is 1. The van der Waals surface area contributed by atoms with Gasteiger partial charge < -0.3 is 10.6 Å². The molecule has 0 aliphatic carbocycles. The van der Waals surface area contributed by atoms with Gasteiger partial charge in [-0.2, -0.15) is 0 Å². The number of hydrogen-bond donors (Lipinski definition) is 2. The maximum atomic E-state index is 12.7. The van der Waals surface area contributed by atoms with Gasteiger partial charge in [-0.05, 0) is 48.4 Å². The smallest absolute Gasteiger partial charge is 0.308 e. The van der Waals surface area contributed by atoms with Gasteiger partial charge in [0.15, 0.2) is 0 Å². The molecule has 2 N–H and O–H groups in total. The van der Waals surface area contributed by atoms with Gasteiger partial charge in [-0.25, -0.2) is 14.3 Å². The van der Waals surface area contributed by atoms with E-state index in [0.717, 1.165) is 5.56 Å². The Morgan fingerprint density at radius 2 is 1.40 bits per heavy atom. The molecule has 0 atom stereocenters. The van der Waals surface area contributed by atoms with E-state index in [0.29, 0.717) is 17.8 Å². The van der Waals surface area contributed by atoms with Crippen LogP contribution in [0.25, 0.3) is 0 Å². The molecule has 1 radical (unpaired) electrons. The normalized spacial score (nSPS) is 10.1. The fourth-order valence-electron chi connectivity index (χ4n) is 1.70. The van der Waals surface area contributed by atoms with Crippen LogP contribution in [0.3, 0.4) is 0 Å².